The Labute approximate surface area is 166 Å². The van der Waals surface area contributed by atoms with Gasteiger partial charge in [-0.25, -0.2) is 5.10 Å². The minimum Gasteiger partial charge on any atom is -0.265 e. The smallest absolute Gasteiger partial charge is 0.216 e. The fraction of sp³-hybridized carbons (Fsp3) is 0. The lowest BCUT2D eigenvalue weighted by molar-refractivity contribution is 0.871. The van der Waals surface area contributed by atoms with Gasteiger partial charge in [0.15, 0.2) is 5.82 Å². The molecule has 0 amide bonds. The van der Waals surface area contributed by atoms with Crippen molar-refractivity contribution in [1.82, 2.24) is 19.9 Å². The van der Waals surface area contributed by atoms with E-state index in [1.54, 1.807) is 17.1 Å². The zero-order valence-corrected chi connectivity index (χ0v) is 15.6. The molecule has 134 valence electrons. The molecule has 2 aromatic heterocycles. The van der Waals surface area contributed by atoms with Crippen molar-refractivity contribution in [2.24, 2.45) is 5.10 Å². The first kappa shape index (κ1) is 16.5. The summed E-state index contributed by atoms with van der Waals surface area (Å²) in [5.74, 6) is 0.646. The fourth-order valence-corrected chi connectivity index (χ4v) is 3.57. The first-order valence-electron chi connectivity index (χ1n) is 8.84. The highest BCUT2D eigenvalue weighted by Gasteiger charge is 2.09. The minimum atomic E-state index is 0.438. The Balaban J connectivity index is 1.72. The number of nitrogens with zero attached hydrogens (tertiary/aromatic N) is 4. The van der Waals surface area contributed by atoms with Crippen molar-refractivity contribution in [2.45, 2.75) is 0 Å². The minimum absolute atomic E-state index is 0.438. The number of rotatable bonds is 3. The van der Waals surface area contributed by atoms with Gasteiger partial charge >= 0.3 is 0 Å². The van der Waals surface area contributed by atoms with Crippen LogP contribution in [0.3, 0.4) is 0 Å². The topological polar surface area (TPSA) is 58.9 Å². The Morgan fingerprint density at radius 1 is 0.893 bits per heavy atom. The maximum absolute atomic E-state index is 5.40. The fourth-order valence-electron chi connectivity index (χ4n) is 3.39. The quantitative estimate of drug-likeness (QED) is 0.266. The molecule has 3 aromatic carbocycles. The van der Waals surface area contributed by atoms with E-state index in [9.17, 15) is 0 Å². The monoisotopic (exact) mass is 381 g/mol. The summed E-state index contributed by atoms with van der Waals surface area (Å²) in [4.78, 5) is 4.06. The third kappa shape index (κ3) is 2.80. The van der Waals surface area contributed by atoms with Gasteiger partial charge in [0.25, 0.3) is 0 Å². The number of pyridine rings is 1. The number of fused-ring (bicyclic) bond motifs is 2. The molecule has 28 heavy (non-hydrogen) atoms. The summed E-state index contributed by atoms with van der Waals surface area (Å²) in [6.07, 6.45) is 5.30. The second-order valence-corrected chi connectivity index (χ2v) is 6.76. The Morgan fingerprint density at radius 3 is 2.21 bits per heavy atom. The third-order valence-corrected chi connectivity index (χ3v) is 4.97. The van der Waals surface area contributed by atoms with Gasteiger partial charge in [0.05, 0.1) is 6.21 Å². The molecule has 0 bridgehead atoms. The lowest BCUT2D eigenvalue weighted by atomic mass is 9.97. The molecule has 0 radical (unpaired) electrons. The second-order valence-electron chi connectivity index (χ2n) is 6.38. The molecular formula is C22H15N5S. The molecule has 0 aliphatic rings. The molecule has 5 aromatic rings. The summed E-state index contributed by atoms with van der Waals surface area (Å²) in [7, 11) is 0. The van der Waals surface area contributed by atoms with Crippen molar-refractivity contribution < 1.29 is 0 Å². The first-order valence-corrected chi connectivity index (χ1v) is 9.25. The molecular weight excluding hydrogens is 366 g/mol. The summed E-state index contributed by atoms with van der Waals surface area (Å²) in [6, 6.07) is 22.6. The van der Waals surface area contributed by atoms with E-state index in [0.29, 0.717) is 10.6 Å². The summed E-state index contributed by atoms with van der Waals surface area (Å²) >= 11 is 5.40. The van der Waals surface area contributed by atoms with Gasteiger partial charge in [0.1, 0.15) is 0 Å². The third-order valence-electron chi connectivity index (χ3n) is 4.70. The Bertz CT molecular complexity index is 1330. The Hall–Kier alpha value is -3.64. The lowest BCUT2D eigenvalue weighted by Gasteiger charge is -2.08. The van der Waals surface area contributed by atoms with Crippen molar-refractivity contribution in [2.75, 3.05) is 0 Å². The van der Waals surface area contributed by atoms with Crippen molar-refractivity contribution in [3.63, 3.8) is 0 Å². The van der Waals surface area contributed by atoms with Crippen LogP contribution in [0.1, 0.15) is 5.56 Å². The molecule has 5 rings (SSSR count). The highest BCUT2D eigenvalue weighted by molar-refractivity contribution is 7.71. The van der Waals surface area contributed by atoms with E-state index in [0.717, 1.165) is 21.9 Å². The van der Waals surface area contributed by atoms with Gasteiger partial charge < -0.3 is 0 Å². The standard InChI is InChI=1S/C22H15N5S/c28-22-26-25-21(15-9-11-23-12-10-15)27(22)24-14-20-18-7-3-1-5-16(18)13-17-6-2-4-8-19(17)20/h1-14H,(H,26,28). The number of hydrogen-bond donors (Lipinski definition) is 1. The van der Waals surface area contributed by atoms with Crippen molar-refractivity contribution in [3.05, 3.63) is 89.5 Å². The van der Waals surface area contributed by atoms with Gasteiger partial charge in [-0.1, -0.05) is 48.5 Å². The van der Waals surface area contributed by atoms with Crippen LogP contribution < -0.4 is 0 Å². The van der Waals surface area contributed by atoms with E-state index in [1.807, 2.05) is 42.6 Å². The van der Waals surface area contributed by atoms with Crippen molar-refractivity contribution in [1.29, 1.82) is 0 Å². The Kier molecular flexibility index (Phi) is 4.03. The molecule has 0 atom stereocenters. The van der Waals surface area contributed by atoms with Crippen molar-refractivity contribution >= 4 is 40.0 Å². The zero-order valence-electron chi connectivity index (χ0n) is 14.8. The van der Waals surface area contributed by atoms with Crippen LogP contribution >= 0.6 is 12.2 Å². The van der Waals surface area contributed by atoms with Crippen molar-refractivity contribution in [3.8, 4) is 11.4 Å². The molecule has 0 aliphatic carbocycles. The first-order chi connectivity index (χ1) is 13.8. The predicted molar refractivity (Wildman–Crippen MR) is 115 cm³/mol. The van der Waals surface area contributed by atoms with Gasteiger partial charge in [0, 0.05) is 23.5 Å². The highest BCUT2D eigenvalue weighted by Crippen LogP contribution is 2.27. The van der Waals surface area contributed by atoms with E-state index in [1.165, 1.54) is 10.8 Å². The summed E-state index contributed by atoms with van der Waals surface area (Å²) < 4.78 is 2.08. The van der Waals surface area contributed by atoms with Crippen LogP contribution in [0.4, 0.5) is 0 Å². The number of aromatic amines is 1. The van der Waals surface area contributed by atoms with E-state index in [4.69, 9.17) is 12.2 Å². The summed E-state index contributed by atoms with van der Waals surface area (Å²) in [5.41, 5.74) is 1.94. The molecule has 0 saturated carbocycles. The maximum Gasteiger partial charge on any atom is 0.216 e. The van der Waals surface area contributed by atoms with Crippen LogP contribution in [0.25, 0.3) is 32.9 Å². The van der Waals surface area contributed by atoms with Crippen LogP contribution in [0, 0.1) is 4.77 Å². The van der Waals surface area contributed by atoms with Crippen LogP contribution in [0.15, 0.2) is 84.2 Å². The molecule has 2 heterocycles. The largest absolute Gasteiger partial charge is 0.265 e. The molecule has 0 fully saturated rings. The second kappa shape index (κ2) is 6.83. The molecule has 0 aliphatic heterocycles. The molecule has 0 unspecified atom stereocenters. The van der Waals surface area contributed by atoms with Gasteiger partial charge in [0.2, 0.25) is 4.77 Å². The molecule has 5 nitrogen and oxygen atoms in total. The lowest BCUT2D eigenvalue weighted by Crippen LogP contribution is -1.96. The van der Waals surface area contributed by atoms with Crippen LogP contribution in [0.5, 0.6) is 0 Å². The van der Waals surface area contributed by atoms with E-state index < -0.39 is 0 Å². The highest BCUT2D eigenvalue weighted by atomic mass is 32.1. The van der Waals surface area contributed by atoms with Gasteiger partial charge in [-0.2, -0.15) is 14.9 Å². The van der Waals surface area contributed by atoms with Gasteiger partial charge in [-0.15, -0.1) is 0 Å². The average molecular weight is 381 g/mol. The molecule has 0 saturated heterocycles. The number of hydrogen-bond acceptors (Lipinski definition) is 4. The van der Waals surface area contributed by atoms with Crippen LogP contribution in [0.2, 0.25) is 0 Å². The van der Waals surface area contributed by atoms with Crippen LogP contribution in [-0.4, -0.2) is 26.1 Å². The number of aromatic nitrogens is 4. The van der Waals surface area contributed by atoms with E-state index >= 15 is 0 Å². The maximum atomic E-state index is 5.40. The number of nitrogens with one attached hydrogen (secondary N) is 1. The molecule has 0 spiro atoms. The van der Waals surface area contributed by atoms with Crippen LogP contribution in [-0.2, 0) is 0 Å². The Morgan fingerprint density at radius 2 is 1.54 bits per heavy atom. The van der Waals surface area contributed by atoms with Gasteiger partial charge in [-0.05, 0) is 52.0 Å². The number of benzene rings is 3. The van der Waals surface area contributed by atoms with E-state index in [-0.39, 0.29) is 0 Å². The average Bonchev–Trinajstić information content (AvgIpc) is 3.12. The predicted octanol–water partition coefficient (Wildman–Crippen LogP) is 5.19. The molecule has 1 N–H and O–H groups in total. The van der Waals surface area contributed by atoms with E-state index in [2.05, 4.69) is 50.6 Å². The summed E-state index contributed by atoms with van der Waals surface area (Å²) in [5, 5.41) is 16.5. The SMILES string of the molecule is S=c1[nH]nc(-c2ccncc2)n1N=Cc1c2ccccc2cc2ccccc12. The normalized spacial score (nSPS) is 11.6. The zero-order chi connectivity index (χ0) is 18.9. The van der Waals surface area contributed by atoms with Gasteiger partial charge in [-0.3, -0.25) is 4.98 Å². The number of H-pyrrole nitrogens is 1. The molecule has 6 heteroatoms. The summed E-state index contributed by atoms with van der Waals surface area (Å²) in [6.45, 7) is 0.